The van der Waals surface area contributed by atoms with E-state index in [1.165, 1.54) is 18.5 Å². The van der Waals surface area contributed by atoms with Crippen LogP contribution in [0.4, 0.5) is 0 Å². The number of amides is 2. The molecule has 2 aromatic heterocycles. The van der Waals surface area contributed by atoms with Gasteiger partial charge in [0.25, 0.3) is 11.8 Å². The molecule has 7 nitrogen and oxygen atoms in total. The van der Waals surface area contributed by atoms with Gasteiger partial charge in [0.05, 0.1) is 19.0 Å². The topological polar surface area (TPSA) is 96.8 Å². The Morgan fingerprint density at radius 2 is 1.92 bits per heavy atom. The number of nitrogens with zero attached hydrogens (tertiary/aromatic N) is 1. The van der Waals surface area contributed by atoms with Crippen LogP contribution >= 0.6 is 11.6 Å². The first-order chi connectivity index (χ1) is 12.6. The highest BCUT2D eigenvalue weighted by Gasteiger charge is 2.09. The van der Waals surface area contributed by atoms with Crippen molar-refractivity contribution in [3.05, 3.63) is 71.3 Å². The van der Waals surface area contributed by atoms with Gasteiger partial charge in [-0.1, -0.05) is 11.6 Å². The lowest BCUT2D eigenvalue weighted by atomic mass is 10.2. The number of nitrogens with one attached hydrogen (secondary N) is 2. The Kier molecular flexibility index (Phi) is 5.50. The van der Waals surface area contributed by atoms with Gasteiger partial charge in [-0.3, -0.25) is 9.59 Å². The Bertz CT molecular complexity index is 914. The average Bonchev–Trinajstić information content (AvgIpc) is 3.32. The number of benzene rings is 1. The smallest absolute Gasteiger partial charge is 0.287 e. The molecule has 0 aliphatic rings. The predicted octanol–water partition coefficient (Wildman–Crippen LogP) is 3.07. The third kappa shape index (κ3) is 4.61. The van der Waals surface area contributed by atoms with Gasteiger partial charge in [-0.05, 0) is 48.5 Å². The first-order valence-electron chi connectivity index (χ1n) is 7.61. The van der Waals surface area contributed by atoms with Gasteiger partial charge in [-0.15, -0.1) is 0 Å². The highest BCUT2D eigenvalue weighted by atomic mass is 35.5. The number of halogens is 1. The summed E-state index contributed by atoms with van der Waals surface area (Å²) in [5, 5.41) is 6.84. The quantitative estimate of drug-likeness (QED) is 0.514. The van der Waals surface area contributed by atoms with Crippen molar-refractivity contribution >= 4 is 29.6 Å². The molecular formula is C18H14ClN3O4. The highest BCUT2D eigenvalue weighted by molar-refractivity contribution is 6.30. The molecule has 0 radical (unpaired) electrons. The van der Waals surface area contributed by atoms with E-state index in [1.54, 1.807) is 30.3 Å². The Morgan fingerprint density at radius 1 is 1.12 bits per heavy atom. The van der Waals surface area contributed by atoms with Crippen LogP contribution in [0.3, 0.4) is 0 Å². The Labute approximate surface area is 153 Å². The molecule has 0 aliphatic carbocycles. The Morgan fingerprint density at radius 3 is 2.65 bits per heavy atom. The van der Waals surface area contributed by atoms with Crippen LogP contribution in [0, 0.1) is 0 Å². The van der Waals surface area contributed by atoms with Gasteiger partial charge in [0, 0.05) is 10.6 Å². The molecule has 0 saturated heterocycles. The largest absolute Gasteiger partial charge is 0.459 e. The van der Waals surface area contributed by atoms with Crippen LogP contribution in [0.2, 0.25) is 5.02 Å². The average molecular weight is 372 g/mol. The molecule has 3 rings (SSSR count). The molecule has 2 amide bonds. The molecule has 0 bridgehead atoms. The van der Waals surface area contributed by atoms with E-state index in [9.17, 15) is 9.59 Å². The van der Waals surface area contributed by atoms with Gasteiger partial charge in [0.1, 0.15) is 11.5 Å². The first kappa shape index (κ1) is 17.5. The fourth-order valence-corrected chi connectivity index (χ4v) is 2.18. The van der Waals surface area contributed by atoms with Gasteiger partial charge in [0.15, 0.2) is 5.76 Å². The molecule has 1 aromatic carbocycles. The zero-order valence-corrected chi connectivity index (χ0v) is 14.2. The molecule has 3 aromatic rings. The lowest BCUT2D eigenvalue weighted by Crippen LogP contribution is -2.34. The van der Waals surface area contributed by atoms with Gasteiger partial charge >= 0.3 is 0 Å². The van der Waals surface area contributed by atoms with Crippen LogP contribution in [0.5, 0.6) is 0 Å². The Balaban J connectivity index is 1.48. The number of hydrogen-bond donors (Lipinski definition) is 2. The zero-order valence-electron chi connectivity index (χ0n) is 13.4. The maximum absolute atomic E-state index is 11.7. The molecular weight excluding hydrogens is 358 g/mol. The number of rotatable bonds is 6. The molecule has 8 heteroatoms. The van der Waals surface area contributed by atoms with Gasteiger partial charge in [-0.2, -0.15) is 5.10 Å². The number of hydrazone groups is 1. The number of carbonyl (C=O) groups is 2. The molecule has 2 N–H and O–H groups in total. The van der Waals surface area contributed by atoms with Crippen LogP contribution in [0.25, 0.3) is 11.3 Å². The number of furan rings is 2. The summed E-state index contributed by atoms with van der Waals surface area (Å²) >= 11 is 5.85. The van der Waals surface area contributed by atoms with Crippen LogP contribution in [0.15, 0.2) is 68.7 Å². The van der Waals surface area contributed by atoms with Crippen molar-refractivity contribution in [1.82, 2.24) is 10.7 Å². The second kappa shape index (κ2) is 8.17. The molecule has 0 fully saturated rings. The summed E-state index contributed by atoms with van der Waals surface area (Å²) in [5.41, 5.74) is 3.17. The Hall–Kier alpha value is -3.32. The van der Waals surface area contributed by atoms with E-state index in [2.05, 4.69) is 15.8 Å². The maximum Gasteiger partial charge on any atom is 0.287 e. The molecule has 132 valence electrons. The van der Waals surface area contributed by atoms with Crippen molar-refractivity contribution in [1.29, 1.82) is 0 Å². The summed E-state index contributed by atoms with van der Waals surface area (Å²) in [5.74, 6) is 0.292. The highest BCUT2D eigenvalue weighted by Crippen LogP contribution is 2.23. The van der Waals surface area contributed by atoms with Gasteiger partial charge in [0.2, 0.25) is 0 Å². The number of hydrogen-bond acceptors (Lipinski definition) is 5. The lowest BCUT2D eigenvalue weighted by molar-refractivity contribution is -0.120. The van der Waals surface area contributed by atoms with Crippen LogP contribution in [-0.4, -0.2) is 24.6 Å². The lowest BCUT2D eigenvalue weighted by Gasteiger charge is -2.01. The molecule has 2 heterocycles. The predicted molar refractivity (Wildman–Crippen MR) is 95.9 cm³/mol. The fourth-order valence-electron chi connectivity index (χ4n) is 2.05. The summed E-state index contributed by atoms with van der Waals surface area (Å²) in [4.78, 5) is 23.3. The van der Waals surface area contributed by atoms with Crippen molar-refractivity contribution < 1.29 is 18.4 Å². The first-order valence-corrected chi connectivity index (χ1v) is 7.99. The summed E-state index contributed by atoms with van der Waals surface area (Å²) in [6.07, 6.45) is 2.74. The van der Waals surface area contributed by atoms with Crippen LogP contribution in [0.1, 0.15) is 16.3 Å². The normalized spacial score (nSPS) is 10.8. The minimum absolute atomic E-state index is 0.131. The van der Waals surface area contributed by atoms with Crippen molar-refractivity contribution in [2.75, 3.05) is 6.54 Å². The summed E-state index contributed by atoms with van der Waals surface area (Å²) in [6, 6.07) is 13.8. The maximum atomic E-state index is 11.7. The van der Waals surface area contributed by atoms with E-state index in [1.807, 2.05) is 12.1 Å². The molecule has 26 heavy (non-hydrogen) atoms. The molecule has 0 unspecified atom stereocenters. The van der Waals surface area contributed by atoms with Gasteiger partial charge in [-0.25, -0.2) is 5.43 Å². The standard InChI is InChI=1S/C18H14ClN3O4/c19-13-5-3-12(4-6-13)15-8-7-14(26-15)10-21-22-17(23)11-20-18(24)16-2-1-9-25-16/h1-10H,11H2,(H,20,24)(H,22,23)/b21-10+. The summed E-state index contributed by atoms with van der Waals surface area (Å²) in [6.45, 7) is -0.231. The van der Waals surface area contributed by atoms with E-state index in [0.717, 1.165) is 5.56 Å². The molecule has 0 atom stereocenters. The molecule has 0 saturated carbocycles. The van der Waals surface area contributed by atoms with E-state index < -0.39 is 11.8 Å². The summed E-state index contributed by atoms with van der Waals surface area (Å²) < 4.78 is 10.5. The monoisotopic (exact) mass is 371 g/mol. The minimum atomic E-state index is -0.481. The second-order valence-corrected chi connectivity index (χ2v) is 5.60. The van der Waals surface area contributed by atoms with Crippen molar-refractivity contribution in [3.8, 4) is 11.3 Å². The van der Waals surface area contributed by atoms with E-state index >= 15 is 0 Å². The van der Waals surface area contributed by atoms with E-state index in [0.29, 0.717) is 16.5 Å². The minimum Gasteiger partial charge on any atom is -0.459 e. The number of carbonyl (C=O) groups excluding carboxylic acids is 2. The van der Waals surface area contributed by atoms with Crippen LogP contribution < -0.4 is 10.7 Å². The third-order valence-electron chi connectivity index (χ3n) is 3.29. The van der Waals surface area contributed by atoms with Crippen LogP contribution in [-0.2, 0) is 4.79 Å². The van der Waals surface area contributed by atoms with Gasteiger partial charge < -0.3 is 14.2 Å². The second-order valence-electron chi connectivity index (χ2n) is 5.16. The van der Waals surface area contributed by atoms with Crippen molar-refractivity contribution in [3.63, 3.8) is 0 Å². The molecule has 0 aliphatic heterocycles. The SMILES string of the molecule is O=C(CNC(=O)c1ccco1)N/N=C/c1ccc(-c2ccc(Cl)cc2)o1. The third-order valence-corrected chi connectivity index (χ3v) is 3.54. The van der Waals surface area contributed by atoms with Crippen molar-refractivity contribution in [2.24, 2.45) is 5.10 Å². The van der Waals surface area contributed by atoms with E-state index in [4.69, 9.17) is 20.4 Å². The van der Waals surface area contributed by atoms with E-state index in [-0.39, 0.29) is 12.3 Å². The van der Waals surface area contributed by atoms with Crippen molar-refractivity contribution in [2.45, 2.75) is 0 Å². The zero-order chi connectivity index (χ0) is 18.4. The summed E-state index contributed by atoms with van der Waals surface area (Å²) in [7, 11) is 0. The molecule has 0 spiro atoms. The fraction of sp³-hybridized carbons (Fsp3) is 0.0556.